The number of benzene rings is 2. The minimum atomic E-state index is -0.921. The zero-order chi connectivity index (χ0) is 36.0. The summed E-state index contributed by atoms with van der Waals surface area (Å²) in [5.74, 6) is -3.99. The summed E-state index contributed by atoms with van der Waals surface area (Å²) in [5.41, 5.74) is 23.7. The topological polar surface area (TPSA) is 245 Å². The molecule has 48 heavy (non-hydrogen) atoms. The van der Waals surface area contributed by atoms with E-state index in [1.807, 2.05) is 0 Å². The van der Waals surface area contributed by atoms with Gasteiger partial charge >= 0.3 is 0 Å². The number of amides is 2. The fourth-order valence-electron chi connectivity index (χ4n) is 5.18. The molecule has 0 heterocycles. The van der Waals surface area contributed by atoms with Crippen LogP contribution >= 0.6 is 0 Å². The molecule has 3 atom stereocenters. The zero-order valence-corrected chi connectivity index (χ0v) is 28.0. The third-order valence-electron chi connectivity index (χ3n) is 7.62. The number of rotatable bonds is 19. The number of carbonyl (C=O) groups excluding carboxylic acids is 4. The number of guanidine groups is 2. The van der Waals surface area contributed by atoms with Crippen molar-refractivity contribution in [1.29, 1.82) is 5.41 Å². The van der Waals surface area contributed by atoms with Crippen molar-refractivity contribution in [3.05, 3.63) is 65.0 Å². The third kappa shape index (κ3) is 13.3. The van der Waals surface area contributed by atoms with Gasteiger partial charge in [-0.1, -0.05) is 32.0 Å². The van der Waals surface area contributed by atoms with Crippen LogP contribution in [0.2, 0.25) is 0 Å². The lowest BCUT2D eigenvalue weighted by Gasteiger charge is -2.26. The Bertz CT molecular complexity index is 1510. The summed E-state index contributed by atoms with van der Waals surface area (Å²) >= 11 is 0. The van der Waals surface area contributed by atoms with Crippen molar-refractivity contribution in [2.45, 2.75) is 72.4 Å². The van der Waals surface area contributed by atoms with Crippen molar-refractivity contribution in [2.24, 2.45) is 50.7 Å². The molecular weight excluding hydrogens is 617 g/mol. The Morgan fingerprint density at radius 2 is 1.52 bits per heavy atom. The Balaban J connectivity index is 2.28. The molecule has 11 N–H and O–H groups in total. The van der Waals surface area contributed by atoms with Gasteiger partial charge in [-0.3, -0.25) is 19.4 Å². The van der Waals surface area contributed by atoms with Gasteiger partial charge in [-0.05, 0) is 74.4 Å². The third-order valence-corrected chi connectivity index (χ3v) is 7.62. The predicted octanol–water partition coefficient (Wildman–Crippen LogP) is 2.34. The summed E-state index contributed by atoms with van der Waals surface area (Å²) in [6.45, 7) is 6.74. The second-order valence-corrected chi connectivity index (χ2v) is 12.2. The van der Waals surface area contributed by atoms with Gasteiger partial charge in [0.05, 0.1) is 11.7 Å². The van der Waals surface area contributed by atoms with Crippen LogP contribution in [-0.4, -0.2) is 53.6 Å². The van der Waals surface area contributed by atoms with E-state index in [9.17, 15) is 23.6 Å². The van der Waals surface area contributed by atoms with E-state index in [4.69, 9.17) is 28.3 Å². The van der Waals surface area contributed by atoms with Gasteiger partial charge in [-0.25, -0.2) is 9.38 Å². The highest BCUT2D eigenvalue weighted by Gasteiger charge is 2.31. The van der Waals surface area contributed by atoms with Crippen molar-refractivity contribution < 1.29 is 23.6 Å². The first-order chi connectivity index (χ1) is 22.6. The molecule has 0 bridgehead atoms. The van der Waals surface area contributed by atoms with Crippen molar-refractivity contribution in [2.75, 3.05) is 6.54 Å². The zero-order valence-electron chi connectivity index (χ0n) is 28.0. The van der Waals surface area contributed by atoms with Crippen LogP contribution < -0.4 is 33.6 Å². The Morgan fingerprint density at radius 3 is 2.06 bits per heavy atom. The number of aliphatic imine (C=N–C) groups is 2. The van der Waals surface area contributed by atoms with Crippen molar-refractivity contribution >= 4 is 46.7 Å². The minimum absolute atomic E-state index is 0.00186. The number of halogens is 1. The van der Waals surface area contributed by atoms with E-state index < -0.39 is 35.5 Å². The molecule has 0 unspecified atom stereocenters. The number of nitrogens with two attached hydrogens (primary N) is 4. The summed E-state index contributed by atoms with van der Waals surface area (Å²) in [7, 11) is 0. The number of nitrogens with one attached hydrogen (secondary N) is 3. The maximum atomic E-state index is 14.5. The number of hydrogen-bond donors (Lipinski definition) is 7. The van der Waals surface area contributed by atoms with Crippen LogP contribution in [0.5, 0.6) is 0 Å². The molecule has 0 saturated heterocycles. The molecule has 0 aliphatic carbocycles. The first-order valence-electron chi connectivity index (χ1n) is 15.8. The van der Waals surface area contributed by atoms with Crippen LogP contribution in [-0.2, 0) is 32.1 Å². The molecule has 0 aliphatic rings. The standard InChI is InChI=1S/C34H48FN9O4/c1-19(2)30(44-32(48)24(14-20(3)45)6-5-13-41-33(37)38)29(46)17-25(15-22-7-10-26(11-8-22)43-34(39)40)31(47)42-18-23-9-12-27(21(4)36)28(35)16-23/h7-12,16,19,24-25,30,36H,5-6,13-15,17-18H2,1-4H3,(H,42,47)(H,44,48)(H4,37,38,41)(H4,39,40,43)/t24-,25-,30+/m1/s1. The second kappa shape index (κ2) is 18.9. The molecule has 260 valence electrons. The highest BCUT2D eigenvalue weighted by molar-refractivity contribution is 5.96. The fourth-order valence-corrected chi connectivity index (χ4v) is 5.18. The molecule has 0 radical (unpaired) electrons. The molecule has 2 aromatic carbocycles. The largest absolute Gasteiger partial charge is 0.370 e. The summed E-state index contributed by atoms with van der Waals surface area (Å²) in [5, 5.41) is 13.3. The number of Topliss-reactive ketones (excluding diaryl/α,β-unsaturated/α-hetero) is 2. The summed E-state index contributed by atoms with van der Waals surface area (Å²) in [6.07, 6.45) is 0.766. The van der Waals surface area contributed by atoms with Crippen LogP contribution in [0.4, 0.5) is 10.1 Å². The molecule has 0 aromatic heterocycles. The summed E-state index contributed by atoms with van der Waals surface area (Å²) < 4.78 is 14.5. The van der Waals surface area contributed by atoms with Gasteiger partial charge < -0.3 is 43.8 Å². The number of nitrogens with zero attached hydrogens (tertiary/aromatic N) is 2. The first kappa shape index (κ1) is 39.0. The van der Waals surface area contributed by atoms with Gasteiger partial charge in [0.1, 0.15) is 11.6 Å². The average molecular weight is 666 g/mol. The number of hydrogen-bond acceptors (Lipinski definition) is 7. The molecule has 0 fully saturated rings. The van der Waals surface area contributed by atoms with Crippen molar-refractivity contribution in [3.63, 3.8) is 0 Å². The van der Waals surface area contributed by atoms with E-state index in [0.717, 1.165) is 5.56 Å². The van der Waals surface area contributed by atoms with E-state index in [-0.39, 0.29) is 66.5 Å². The van der Waals surface area contributed by atoms with Crippen LogP contribution in [0.25, 0.3) is 0 Å². The van der Waals surface area contributed by atoms with Gasteiger partial charge in [-0.15, -0.1) is 0 Å². The van der Waals surface area contributed by atoms with Crippen molar-refractivity contribution in [3.8, 4) is 0 Å². The van der Waals surface area contributed by atoms with Crippen molar-refractivity contribution in [1.82, 2.24) is 10.6 Å². The van der Waals surface area contributed by atoms with Crippen LogP contribution in [0.3, 0.4) is 0 Å². The van der Waals surface area contributed by atoms with E-state index >= 15 is 0 Å². The number of carbonyl (C=O) groups is 4. The van der Waals surface area contributed by atoms with E-state index in [1.54, 1.807) is 44.2 Å². The van der Waals surface area contributed by atoms with E-state index in [0.29, 0.717) is 30.6 Å². The number of ketones is 2. The van der Waals surface area contributed by atoms with Crippen LogP contribution in [0.15, 0.2) is 52.4 Å². The smallest absolute Gasteiger partial charge is 0.224 e. The Kier molecular flexibility index (Phi) is 15.3. The normalized spacial score (nSPS) is 12.7. The minimum Gasteiger partial charge on any atom is -0.370 e. The summed E-state index contributed by atoms with van der Waals surface area (Å²) in [6, 6.07) is 10.3. The van der Waals surface area contributed by atoms with Gasteiger partial charge in [0.15, 0.2) is 17.7 Å². The Labute approximate surface area is 280 Å². The first-order valence-corrected chi connectivity index (χ1v) is 15.8. The highest BCUT2D eigenvalue weighted by atomic mass is 19.1. The molecule has 0 spiro atoms. The maximum Gasteiger partial charge on any atom is 0.224 e. The SMILES string of the molecule is CC(=N)c1ccc(CNC(=O)[C@@H](CC(=O)[C@@H](NC(=O)[C@H](CCCN=C(N)N)CC(C)=O)C(C)C)Cc2ccc(N=C(N)N)cc2)cc1F. The average Bonchev–Trinajstić information content (AvgIpc) is 2.99. The van der Waals surface area contributed by atoms with E-state index in [1.165, 1.54) is 26.0 Å². The second-order valence-electron chi connectivity index (χ2n) is 12.2. The van der Waals surface area contributed by atoms with Gasteiger partial charge in [0.25, 0.3) is 0 Å². The summed E-state index contributed by atoms with van der Waals surface area (Å²) in [4.78, 5) is 60.6. The van der Waals surface area contributed by atoms with Crippen LogP contribution in [0, 0.1) is 29.0 Å². The lowest BCUT2D eigenvalue weighted by Crippen LogP contribution is -2.48. The molecule has 2 rings (SSSR count). The van der Waals surface area contributed by atoms with Gasteiger partial charge in [0, 0.05) is 49.0 Å². The Morgan fingerprint density at radius 1 is 0.875 bits per heavy atom. The molecule has 14 heteroatoms. The van der Waals surface area contributed by atoms with Crippen LogP contribution in [0.1, 0.15) is 70.1 Å². The lowest BCUT2D eigenvalue weighted by atomic mass is 9.87. The Hall–Kier alpha value is -5.14. The molecule has 0 saturated carbocycles. The lowest BCUT2D eigenvalue weighted by molar-refractivity contribution is -0.134. The monoisotopic (exact) mass is 665 g/mol. The fraction of sp³-hybridized carbons (Fsp3) is 0.441. The van der Waals surface area contributed by atoms with Gasteiger partial charge in [-0.2, -0.15) is 0 Å². The maximum absolute atomic E-state index is 14.5. The molecule has 2 aromatic rings. The highest BCUT2D eigenvalue weighted by Crippen LogP contribution is 2.21. The molecule has 13 nitrogen and oxygen atoms in total. The molecular formula is C34H48FN9O4. The molecule has 2 amide bonds. The molecule has 0 aliphatic heterocycles. The quantitative estimate of drug-likeness (QED) is 0.0665. The van der Waals surface area contributed by atoms with E-state index in [2.05, 4.69) is 20.6 Å². The van der Waals surface area contributed by atoms with Gasteiger partial charge in [0.2, 0.25) is 11.8 Å². The predicted molar refractivity (Wildman–Crippen MR) is 185 cm³/mol.